The van der Waals surface area contributed by atoms with Gasteiger partial charge in [-0.3, -0.25) is 9.59 Å². The molecule has 0 saturated heterocycles. The highest BCUT2D eigenvalue weighted by atomic mass is 35.5. The van der Waals surface area contributed by atoms with Gasteiger partial charge >= 0.3 is 0 Å². The predicted octanol–water partition coefficient (Wildman–Crippen LogP) is 3.47. The minimum absolute atomic E-state index is 0.190. The van der Waals surface area contributed by atoms with Crippen LogP contribution in [0.2, 0.25) is 5.02 Å². The number of aryl methyl sites for hydroxylation is 3. The number of hydrogen-bond donors (Lipinski definition) is 2. The fraction of sp³-hybridized carbons (Fsp3) is 0.300. The first kappa shape index (κ1) is 18.4. The molecule has 3 heterocycles. The fourth-order valence-corrected chi connectivity index (χ4v) is 3.85. The van der Waals surface area contributed by atoms with E-state index in [4.69, 9.17) is 22.3 Å². The maximum atomic E-state index is 13.0. The quantitative estimate of drug-likeness (QED) is 0.706. The molecular formula is C20H20ClN5O2. The first-order chi connectivity index (χ1) is 13.4. The van der Waals surface area contributed by atoms with Crippen molar-refractivity contribution in [2.24, 2.45) is 5.73 Å². The van der Waals surface area contributed by atoms with E-state index in [1.54, 1.807) is 12.1 Å². The van der Waals surface area contributed by atoms with Crippen LogP contribution in [-0.2, 0) is 13.0 Å². The second-order valence-corrected chi connectivity index (χ2v) is 7.39. The van der Waals surface area contributed by atoms with Crippen molar-refractivity contribution in [2.45, 2.75) is 39.2 Å². The van der Waals surface area contributed by atoms with E-state index in [0.717, 1.165) is 43.0 Å². The van der Waals surface area contributed by atoms with Crippen LogP contribution in [0.3, 0.4) is 0 Å². The lowest BCUT2D eigenvalue weighted by atomic mass is 10.1. The molecule has 8 heteroatoms. The molecule has 3 aromatic rings. The number of primary amides is 1. The van der Waals surface area contributed by atoms with E-state index in [1.807, 2.05) is 6.92 Å². The molecule has 28 heavy (non-hydrogen) atoms. The van der Waals surface area contributed by atoms with E-state index in [0.29, 0.717) is 16.8 Å². The van der Waals surface area contributed by atoms with Crippen LogP contribution in [0.1, 0.15) is 51.5 Å². The second kappa shape index (κ2) is 7.24. The van der Waals surface area contributed by atoms with E-state index in [2.05, 4.69) is 14.9 Å². The number of imidazole rings is 1. The summed E-state index contributed by atoms with van der Waals surface area (Å²) in [5, 5.41) is 3.01. The summed E-state index contributed by atoms with van der Waals surface area (Å²) >= 11 is 6.08. The van der Waals surface area contributed by atoms with Crippen molar-refractivity contribution in [3.05, 3.63) is 51.9 Å². The number of benzene rings is 1. The molecule has 0 bridgehead atoms. The Morgan fingerprint density at radius 1 is 1.14 bits per heavy atom. The second-order valence-electron chi connectivity index (χ2n) is 6.99. The summed E-state index contributed by atoms with van der Waals surface area (Å²) in [5.41, 5.74) is 8.54. The van der Waals surface area contributed by atoms with Gasteiger partial charge in [0.15, 0.2) is 5.65 Å². The lowest BCUT2D eigenvalue weighted by Crippen LogP contribution is -2.15. The van der Waals surface area contributed by atoms with Gasteiger partial charge in [0.25, 0.3) is 5.91 Å². The van der Waals surface area contributed by atoms with Gasteiger partial charge in [-0.25, -0.2) is 9.97 Å². The van der Waals surface area contributed by atoms with Crippen molar-refractivity contribution in [3.8, 4) is 0 Å². The molecule has 144 valence electrons. The molecule has 0 unspecified atom stereocenters. The molecule has 1 aliphatic rings. The number of hydrogen-bond acceptors (Lipinski definition) is 4. The number of anilines is 1. The molecule has 0 saturated carbocycles. The molecule has 7 nitrogen and oxygen atoms in total. The summed E-state index contributed by atoms with van der Waals surface area (Å²) < 4.78 is 2.13. The number of halogens is 1. The molecule has 3 N–H and O–H groups in total. The SMILES string of the molecule is Cc1cc(C(=O)Nc2ccc(C(N)=O)c(Cl)c2)c2nc3n(c2n1)CCCCC3. The summed E-state index contributed by atoms with van der Waals surface area (Å²) in [6.07, 6.45) is 4.24. The third-order valence-corrected chi connectivity index (χ3v) is 5.24. The summed E-state index contributed by atoms with van der Waals surface area (Å²) in [5.74, 6) is 0.0639. The average Bonchev–Trinajstić information content (AvgIpc) is 2.82. The highest BCUT2D eigenvalue weighted by molar-refractivity contribution is 6.34. The first-order valence-corrected chi connectivity index (χ1v) is 9.59. The lowest BCUT2D eigenvalue weighted by molar-refractivity contribution is 0.0998. The van der Waals surface area contributed by atoms with Crippen LogP contribution in [0, 0.1) is 6.92 Å². The maximum absolute atomic E-state index is 13.0. The highest BCUT2D eigenvalue weighted by Gasteiger charge is 2.21. The number of nitrogens with zero attached hydrogens (tertiary/aromatic N) is 3. The van der Waals surface area contributed by atoms with Gasteiger partial charge in [-0.1, -0.05) is 18.0 Å². The Labute approximate surface area is 166 Å². The van der Waals surface area contributed by atoms with Crippen molar-refractivity contribution >= 4 is 40.3 Å². The topological polar surface area (TPSA) is 103 Å². The van der Waals surface area contributed by atoms with E-state index < -0.39 is 5.91 Å². The Kier molecular flexibility index (Phi) is 4.77. The molecule has 2 amide bonds. The van der Waals surface area contributed by atoms with Gasteiger partial charge in [-0.15, -0.1) is 0 Å². The predicted molar refractivity (Wildman–Crippen MR) is 108 cm³/mol. The third-order valence-electron chi connectivity index (χ3n) is 4.93. The number of amides is 2. The highest BCUT2D eigenvalue weighted by Crippen LogP contribution is 2.26. The number of fused-ring (bicyclic) bond motifs is 3. The summed E-state index contributed by atoms with van der Waals surface area (Å²) in [6, 6.07) is 6.33. The number of rotatable bonds is 3. The van der Waals surface area contributed by atoms with E-state index in [1.165, 1.54) is 18.6 Å². The van der Waals surface area contributed by atoms with Gasteiger partial charge in [0, 0.05) is 24.3 Å². The maximum Gasteiger partial charge on any atom is 0.258 e. The van der Waals surface area contributed by atoms with Crippen LogP contribution in [0.15, 0.2) is 24.3 Å². The van der Waals surface area contributed by atoms with E-state index in [9.17, 15) is 9.59 Å². The van der Waals surface area contributed by atoms with E-state index >= 15 is 0 Å². The number of pyridine rings is 1. The van der Waals surface area contributed by atoms with Gasteiger partial charge in [0.2, 0.25) is 5.91 Å². The third kappa shape index (κ3) is 3.33. The van der Waals surface area contributed by atoms with Crippen molar-refractivity contribution in [2.75, 3.05) is 5.32 Å². The summed E-state index contributed by atoms with van der Waals surface area (Å²) in [6.45, 7) is 2.74. The van der Waals surface area contributed by atoms with Gasteiger partial charge in [0.05, 0.1) is 16.1 Å². The van der Waals surface area contributed by atoms with Crippen molar-refractivity contribution < 1.29 is 9.59 Å². The largest absolute Gasteiger partial charge is 0.366 e. The Balaban J connectivity index is 1.71. The van der Waals surface area contributed by atoms with Crippen LogP contribution in [0.25, 0.3) is 11.2 Å². The molecule has 0 aliphatic carbocycles. The standard InChI is InChI=1S/C20H20ClN5O2/c1-11-9-14(17-19(23-11)26-8-4-2-3-5-16(26)25-17)20(28)24-12-6-7-13(18(22)27)15(21)10-12/h6-7,9-10H,2-5,8H2,1H3,(H2,22,27)(H,24,28). The minimum Gasteiger partial charge on any atom is -0.366 e. The molecule has 1 aromatic carbocycles. The molecule has 0 fully saturated rings. The van der Waals surface area contributed by atoms with Crippen LogP contribution < -0.4 is 11.1 Å². The van der Waals surface area contributed by atoms with Crippen LogP contribution in [0.5, 0.6) is 0 Å². The fourth-order valence-electron chi connectivity index (χ4n) is 3.58. The summed E-state index contributed by atoms with van der Waals surface area (Å²) in [7, 11) is 0. The van der Waals surface area contributed by atoms with Gasteiger partial charge in [-0.05, 0) is 44.0 Å². The zero-order valence-corrected chi connectivity index (χ0v) is 16.2. The van der Waals surface area contributed by atoms with Gasteiger partial charge in [0.1, 0.15) is 11.3 Å². The van der Waals surface area contributed by atoms with Crippen molar-refractivity contribution in [1.82, 2.24) is 14.5 Å². The number of nitrogens with one attached hydrogen (secondary N) is 1. The smallest absolute Gasteiger partial charge is 0.258 e. The van der Waals surface area contributed by atoms with Crippen molar-refractivity contribution in [3.63, 3.8) is 0 Å². The number of carbonyl (C=O) groups excluding carboxylic acids is 2. The Morgan fingerprint density at radius 3 is 2.71 bits per heavy atom. The summed E-state index contributed by atoms with van der Waals surface area (Å²) in [4.78, 5) is 33.6. The monoisotopic (exact) mass is 397 g/mol. The van der Waals surface area contributed by atoms with Crippen molar-refractivity contribution in [1.29, 1.82) is 0 Å². The number of carbonyl (C=O) groups is 2. The molecule has 1 aliphatic heterocycles. The molecule has 0 spiro atoms. The average molecular weight is 398 g/mol. The number of aromatic nitrogens is 3. The minimum atomic E-state index is -0.617. The Bertz CT molecular complexity index is 1110. The van der Waals surface area contributed by atoms with Gasteiger partial charge < -0.3 is 15.6 Å². The van der Waals surface area contributed by atoms with Crippen LogP contribution in [0.4, 0.5) is 5.69 Å². The first-order valence-electron chi connectivity index (χ1n) is 9.21. The Hall–Kier alpha value is -2.93. The normalized spacial score (nSPS) is 13.8. The Morgan fingerprint density at radius 2 is 1.96 bits per heavy atom. The molecule has 2 aromatic heterocycles. The molecule has 4 rings (SSSR count). The van der Waals surface area contributed by atoms with E-state index in [-0.39, 0.29) is 16.5 Å². The zero-order valence-electron chi connectivity index (χ0n) is 15.5. The van der Waals surface area contributed by atoms with Crippen LogP contribution in [-0.4, -0.2) is 26.3 Å². The zero-order chi connectivity index (χ0) is 19.8. The lowest BCUT2D eigenvalue weighted by Gasteiger charge is -2.09. The van der Waals surface area contributed by atoms with Crippen LogP contribution >= 0.6 is 11.6 Å². The molecular weight excluding hydrogens is 378 g/mol. The number of nitrogens with two attached hydrogens (primary N) is 1. The molecule has 0 atom stereocenters. The van der Waals surface area contributed by atoms with Gasteiger partial charge in [-0.2, -0.15) is 0 Å². The molecule has 0 radical (unpaired) electrons.